The van der Waals surface area contributed by atoms with E-state index >= 15 is 0 Å². The zero-order valence-corrected chi connectivity index (χ0v) is 14.1. The van der Waals surface area contributed by atoms with Crippen LogP contribution < -0.4 is 4.74 Å². The third kappa shape index (κ3) is 3.30. The van der Waals surface area contributed by atoms with Gasteiger partial charge in [-0.2, -0.15) is 9.78 Å². The summed E-state index contributed by atoms with van der Waals surface area (Å²) in [6.07, 6.45) is 0. The molecule has 2 aromatic carbocycles. The van der Waals surface area contributed by atoms with Crippen LogP contribution >= 0.6 is 0 Å². The number of hydrogen-bond donors (Lipinski definition) is 0. The monoisotopic (exact) mass is 348 g/mol. The normalized spacial score (nSPS) is 10.8. The van der Waals surface area contributed by atoms with Gasteiger partial charge < -0.3 is 9.26 Å². The lowest BCUT2D eigenvalue weighted by atomic mass is 10.2. The van der Waals surface area contributed by atoms with Gasteiger partial charge in [0.05, 0.1) is 12.2 Å². The summed E-state index contributed by atoms with van der Waals surface area (Å²) < 4.78 is 10.9. The summed E-state index contributed by atoms with van der Waals surface area (Å²) in [5, 5.41) is 16.5. The predicted octanol–water partition coefficient (Wildman–Crippen LogP) is 2.84. The maximum atomic E-state index is 5.61. The first-order valence-electron chi connectivity index (χ1n) is 8.21. The Morgan fingerprint density at radius 3 is 2.65 bits per heavy atom. The molecule has 0 aliphatic carbocycles. The van der Waals surface area contributed by atoms with Crippen LogP contribution in [-0.2, 0) is 6.54 Å². The van der Waals surface area contributed by atoms with Crippen molar-refractivity contribution in [3.05, 3.63) is 60.5 Å². The fraction of sp³-hybridized carbons (Fsp3) is 0.167. The molecule has 4 aromatic rings. The van der Waals surface area contributed by atoms with Crippen LogP contribution in [0.3, 0.4) is 0 Å². The van der Waals surface area contributed by atoms with Gasteiger partial charge in [0.1, 0.15) is 12.3 Å². The Morgan fingerprint density at radius 1 is 1.00 bits per heavy atom. The summed E-state index contributed by atoms with van der Waals surface area (Å²) in [6.45, 7) is 2.73. The molecule has 0 atom stereocenters. The first-order chi connectivity index (χ1) is 12.8. The highest BCUT2D eigenvalue weighted by atomic mass is 16.5. The molecule has 0 unspecified atom stereocenters. The fourth-order valence-electron chi connectivity index (χ4n) is 2.50. The van der Waals surface area contributed by atoms with Crippen LogP contribution in [0.1, 0.15) is 12.8 Å². The molecule has 8 nitrogen and oxygen atoms in total. The molecule has 0 radical (unpaired) electrons. The number of nitrogens with zero attached hydrogens (tertiary/aromatic N) is 6. The van der Waals surface area contributed by atoms with Crippen LogP contribution in [0.4, 0.5) is 0 Å². The summed E-state index contributed by atoms with van der Waals surface area (Å²) >= 11 is 0. The van der Waals surface area contributed by atoms with Crippen molar-refractivity contribution in [3.8, 4) is 28.5 Å². The molecule has 0 spiro atoms. The van der Waals surface area contributed by atoms with Crippen molar-refractivity contribution in [2.45, 2.75) is 13.5 Å². The highest BCUT2D eigenvalue weighted by molar-refractivity contribution is 5.63. The van der Waals surface area contributed by atoms with E-state index in [1.807, 2.05) is 61.5 Å². The molecule has 0 saturated carbocycles. The molecule has 26 heavy (non-hydrogen) atoms. The van der Waals surface area contributed by atoms with Gasteiger partial charge in [-0.3, -0.25) is 0 Å². The van der Waals surface area contributed by atoms with E-state index < -0.39 is 0 Å². The SMILES string of the molecule is CCOc1ccccc1-c1noc(Cn2nnc(-c3ccccc3)n2)n1. The summed E-state index contributed by atoms with van der Waals surface area (Å²) in [6, 6.07) is 17.2. The molecule has 4 rings (SSSR count). The largest absolute Gasteiger partial charge is 0.493 e. The number of benzene rings is 2. The van der Waals surface area contributed by atoms with Gasteiger partial charge in [-0.05, 0) is 24.3 Å². The van der Waals surface area contributed by atoms with Crippen molar-refractivity contribution < 1.29 is 9.26 Å². The molecular formula is C18H16N6O2. The molecule has 8 heteroatoms. The van der Waals surface area contributed by atoms with Gasteiger partial charge in [0.2, 0.25) is 11.6 Å². The Bertz CT molecular complexity index is 996. The van der Waals surface area contributed by atoms with Crippen LogP contribution in [0.5, 0.6) is 5.75 Å². The second-order valence-corrected chi connectivity index (χ2v) is 5.45. The molecule has 130 valence electrons. The highest BCUT2D eigenvalue weighted by Crippen LogP contribution is 2.27. The lowest BCUT2D eigenvalue weighted by Crippen LogP contribution is -2.04. The van der Waals surface area contributed by atoms with Gasteiger partial charge in [-0.25, -0.2) is 0 Å². The van der Waals surface area contributed by atoms with Gasteiger partial charge in [0, 0.05) is 5.56 Å². The lowest BCUT2D eigenvalue weighted by Gasteiger charge is -2.05. The van der Waals surface area contributed by atoms with Gasteiger partial charge in [0.25, 0.3) is 5.89 Å². The van der Waals surface area contributed by atoms with E-state index in [9.17, 15) is 0 Å². The van der Waals surface area contributed by atoms with E-state index in [1.165, 1.54) is 4.80 Å². The Balaban J connectivity index is 1.54. The van der Waals surface area contributed by atoms with E-state index in [-0.39, 0.29) is 6.54 Å². The Kier molecular flexibility index (Phi) is 4.38. The van der Waals surface area contributed by atoms with E-state index in [1.54, 1.807) is 0 Å². The van der Waals surface area contributed by atoms with Crippen molar-refractivity contribution in [2.75, 3.05) is 6.61 Å². The van der Waals surface area contributed by atoms with E-state index in [0.29, 0.717) is 29.9 Å². The average molecular weight is 348 g/mol. The van der Waals surface area contributed by atoms with Crippen molar-refractivity contribution >= 4 is 0 Å². The van der Waals surface area contributed by atoms with Gasteiger partial charge >= 0.3 is 0 Å². The smallest absolute Gasteiger partial charge is 0.250 e. The maximum Gasteiger partial charge on any atom is 0.250 e. The first kappa shape index (κ1) is 15.9. The van der Waals surface area contributed by atoms with Gasteiger partial charge in [-0.1, -0.05) is 47.6 Å². The Morgan fingerprint density at radius 2 is 1.81 bits per heavy atom. The van der Waals surface area contributed by atoms with Crippen molar-refractivity contribution in [1.29, 1.82) is 0 Å². The average Bonchev–Trinajstić information content (AvgIpc) is 3.33. The number of tetrazole rings is 1. The van der Waals surface area contributed by atoms with Crippen molar-refractivity contribution in [2.24, 2.45) is 0 Å². The van der Waals surface area contributed by atoms with Gasteiger partial charge in [0.15, 0.2) is 0 Å². The predicted molar refractivity (Wildman–Crippen MR) is 93.3 cm³/mol. The molecule has 0 saturated heterocycles. The lowest BCUT2D eigenvalue weighted by molar-refractivity contribution is 0.340. The molecule has 2 heterocycles. The van der Waals surface area contributed by atoms with E-state index in [0.717, 1.165) is 11.1 Å². The highest BCUT2D eigenvalue weighted by Gasteiger charge is 2.14. The summed E-state index contributed by atoms with van der Waals surface area (Å²) in [5.74, 6) is 2.12. The molecule has 0 aliphatic heterocycles. The van der Waals surface area contributed by atoms with Gasteiger partial charge in [-0.15, -0.1) is 10.2 Å². The summed E-state index contributed by atoms with van der Waals surface area (Å²) in [7, 11) is 0. The Hall–Kier alpha value is -3.55. The standard InChI is InChI=1S/C18H16N6O2/c1-2-25-15-11-7-6-10-14(15)18-19-16(26-22-18)12-24-21-17(20-23-24)13-8-4-3-5-9-13/h3-11H,2,12H2,1H3. The molecule has 0 amide bonds. The minimum Gasteiger partial charge on any atom is -0.493 e. The van der Waals surface area contributed by atoms with E-state index in [2.05, 4.69) is 25.6 Å². The second-order valence-electron chi connectivity index (χ2n) is 5.45. The maximum absolute atomic E-state index is 5.61. The number of rotatable bonds is 6. The van der Waals surface area contributed by atoms with Crippen molar-refractivity contribution in [3.63, 3.8) is 0 Å². The van der Waals surface area contributed by atoms with Crippen LogP contribution in [0.2, 0.25) is 0 Å². The molecule has 0 bridgehead atoms. The van der Waals surface area contributed by atoms with Crippen LogP contribution in [0.15, 0.2) is 59.1 Å². The fourth-order valence-corrected chi connectivity index (χ4v) is 2.50. The number of aromatic nitrogens is 6. The van der Waals surface area contributed by atoms with Crippen molar-refractivity contribution in [1.82, 2.24) is 30.3 Å². The quantitative estimate of drug-likeness (QED) is 0.529. The molecular weight excluding hydrogens is 332 g/mol. The molecule has 0 aliphatic rings. The Labute approximate surface area is 149 Å². The molecule has 0 fully saturated rings. The third-order valence-corrected chi connectivity index (χ3v) is 3.66. The third-order valence-electron chi connectivity index (χ3n) is 3.66. The topological polar surface area (TPSA) is 91.8 Å². The summed E-state index contributed by atoms with van der Waals surface area (Å²) in [5.41, 5.74) is 1.68. The van der Waals surface area contributed by atoms with Crippen LogP contribution in [-0.4, -0.2) is 37.0 Å². The first-order valence-corrected chi connectivity index (χ1v) is 8.21. The van der Waals surface area contributed by atoms with Crippen LogP contribution in [0, 0.1) is 0 Å². The minimum absolute atomic E-state index is 0.240. The zero-order chi connectivity index (χ0) is 17.8. The zero-order valence-electron chi connectivity index (χ0n) is 14.1. The number of para-hydroxylation sites is 1. The van der Waals surface area contributed by atoms with E-state index in [4.69, 9.17) is 9.26 Å². The molecule has 0 N–H and O–H groups in total. The number of ether oxygens (including phenoxy) is 1. The molecule has 2 aromatic heterocycles. The summed E-state index contributed by atoms with van der Waals surface area (Å²) in [4.78, 5) is 5.84. The number of hydrogen-bond acceptors (Lipinski definition) is 7. The second kappa shape index (κ2) is 7.14. The minimum atomic E-state index is 0.240. The van der Waals surface area contributed by atoms with Crippen LogP contribution in [0.25, 0.3) is 22.8 Å².